The Balaban J connectivity index is 1.84. The number of hydrogen-bond acceptors (Lipinski definition) is 5. The summed E-state index contributed by atoms with van der Waals surface area (Å²) in [5.74, 6) is 0.826. The molecule has 0 aliphatic heterocycles. The molecular weight excluding hydrogens is 404 g/mol. The van der Waals surface area contributed by atoms with Crippen LogP contribution < -0.4 is 5.32 Å². The van der Waals surface area contributed by atoms with E-state index < -0.39 is 9.84 Å². The van der Waals surface area contributed by atoms with Gasteiger partial charge in [0.2, 0.25) is 14.2 Å². The number of nitrogens with one attached hydrogen (secondary N) is 1. The number of rotatable bonds is 6. The fourth-order valence-electron chi connectivity index (χ4n) is 5.23. The zero-order chi connectivity index (χ0) is 20.9. The Bertz CT molecular complexity index is 752. The summed E-state index contributed by atoms with van der Waals surface area (Å²) in [6, 6.07) is 0. The molecule has 0 bridgehead atoms. The highest BCUT2D eigenvalue weighted by molar-refractivity contribution is 7.93. The van der Waals surface area contributed by atoms with E-state index in [0.717, 1.165) is 11.3 Å². The minimum Gasteiger partial charge on any atom is -0.346 e. The maximum atomic E-state index is 13.2. The van der Waals surface area contributed by atoms with E-state index in [1.165, 1.54) is 83.2 Å². The molecule has 1 N–H and O–H groups in total. The highest BCUT2D eigenvalue weighted by Gasteiger charge is 2.42. The van der Waals surface area contributed by atoms with Crippen LogP contribution in [0.3, 0.4) is 0 Å². The zero-order valence-electron chi connectivity index (χ0n) is 17.9. The summed E-state index contributed by atoms with van der Waals surface area (Å²) < 4.78 is 24.3. The van der Waals surface area contributed by atoms with Crippen molar-refractivity contribution in [1.82, 2.24) is 10.3 Å². The maximum absolute atomic E-state index is 13.2. The van der Waals surface area contributed by atoms with E-state index in [1.54, 1.807) is 6.92 Å². The first-order chi connectivity index (χ1) is 13.9. The largest absolute Gasteiger partial charge is 0.346 e. The normalized spacial score (nSPS) is 20.8. The number of sulfone groups is 1. The molecule has 7 heteroatoms. The molecule has 3 rings (SSSR count). The number of amides is 1. The Morgan fingerprint density at radius 2 is 1.52 bits per heavy atom. The predicted molar refractivity (Wildman–Crippen MR) is 118 cm³/mol. The second-order valence-electron chi connectivity index (χ2n) is 9.01. The lowest BCUT2D eigenvalue weighted by molar-refractivity contribution is 0.0725. The van der Waals surface area contributed by atoms with Gasteiger partial charge in [0, 0.05) is 5.54 Å². The highest BCUT2D eigenvalue weighted by Crippen LogP contribution is 2.42. The molecule has 0 atom stereocenters. The average Bonchev–Trinajstić information content (AvgIpc) is 2.89. The average molecular weight is 441 g/mol. The van der Waals surface area contributed by atoms with Crippen molar-refractivity contribution in [3.05, 3.63) is 11.1 Å². The third kappa shape index (κ3) is 5.40. The molecule has 0 radical (unpaired) electrons. The van der Waals surface area contributed by atoms with Crippen LogP contribution in [0.15, 0.2) is 10.5 Å². The topological polar surface area (TPSA) is 76.1 Å². The van der Waals surface area contributed by atoms with Crippen LogP contribution in [0.1, 0.15) is 101 Å². The molecule has 2 aliphatic carbocycles. The lowest BCUT2D eigenvalue weighted by atomic mass is 9.69. The second-order valence-corrected chi connectivity index (χ2v) is 12.5. The van der Waals surface area contributed by atoms with Gasteiger partial charge in [-0.1, -0.05) is 69.6 Å². The van der Waals surface area contributed by atoms with Gasteiger partial charge in [-0.15, -0.1) is 0 Å². The Hall–Kier alpha value is -0.950. The Morgan fingerprint density at radius 1 is 1.03 bits per heavy atom. The van der Waals surface area contributed by atoms with Gasteiger partial charge in [-0.3, -0.25) is 4.79 Å². The first-order valence-corrected chi connectivity index (χ1v) is 13.8. The van der Waals surface area contributed by atoms with E-state index in [2.05, 4.69) is 17.2 Å². The van der Waals surface area contributed by atoms with Gasteiger partial charge in [0.1, 0.15) is 4.88 Å². The van der Waals surface area contributed by atoms with Crippen molar-refractivity contribution in [2.75, 3.05) is 5.75 Å². The fraction of sp³-hybridized carbons (Fsp3) is 0.818. The third-order valence-electron chi connectivity index (χ3n) is 7.14. The molecule has 2 aliphatic rings. The van der Waals surface area contributed by atoms with Gasteiger partial charge in [0.25, 0.3) is 5.91 Å². The molecule has 5 nitrogen and oxygen atoms in total. The van der Waals surface area contributed by atoms with E-state index >= 15 is 0 Å². The molecule has 0 spiro atoms. The Morgan fingerprint density at radius 3 is 1.97 bits per heavy atom. The highest BCUT2D eigenvalue weighted by atomic mass is 32.2. The summed E-state index contributed by atoms with van der Waals surface area (Å²) in [6.45, 7) is 3.87. The van der Waals surface area contributed by atoms with Gasteiger partial charge >= 0.3 is 0 Å². The van der Waals surface area contributed by atoms with Gasteiger partial charge in [-0.05, 0) is 44.4 Å². The van der Waals surface area contributed by atoms with Crippen LogP contribution in [-0.2, 0) is 9.84 Å². The van der Waals surface area contributed by atoms with Crippen molar-refractivity contribution in [3.8, 4) is 0 Å². The Kier molecular flexibility index (Phi) is 7.76. The molecule has 1 amide bonds. The predicted octanol–water partition coefficient (Wildman–Crippen LogP) is 5.37. The number of aromatic nitrogens is 1. The SMILES string of the molecule is CCS(=O)(=O)c1ncc(C(=O)NC(C)(C2CCCCCC2)C2CCCCCC2)s1. The lowest BCUT2D eigenvalue weighted by Gasteiger charge is -2.44. The van der Waals surface area contributed by atoms with Crippen LogP contribution in [0, 0.1) is 11.8 Å². The molecule has 1 heterocycles. The van der Waals surface area contributed by atoms with Gasteiger partial charge < -0.3 is 5.32 Å². The fourth-order valence-corrected chi connectivity index (χ4v) is 7.37. The maximum Gasteiger partial charge on any atom is 0.263 e. The quantitative estimate of drug-likeness (QED) is 0.604. The smallest absolute Gasteiger partial charge is 0.263 e. The minimum atomic E-state index is -3.38. The van der Waals surface area contributed by atoms with Crippen molar-refractivity contribution < 1.29 is 13.2 Å². The number of carbonyl (C=O) groups is 1. The van der Waals surface area contributed by atoms with Crippen LogP contribution >= 0.6 is 11.3 Å². The van der Waals surface area contributed by atoms with Gasteiger partial charge in [-0.25, -0.2) is 13.4 Å². The van der Waals surface area contributed by atoms with Gasteiger partial charge in [0.15, 0.2) is 0 Å². The minimum absolute atomic E-state index is 0.00341. The molecule has 29 heavy (non-hydrogen) atoms. The molecule has 1 aromatic rings. The first-order valence-electron chi connectivity index (χ1n) is 11.4. The van der Waals surface area contributed by atoms with E-state index in [-0.39, 0.29) is 21.5 Å². The van der Waals surface area contributed by atoms with Crippen LogP contribution in [-0.4, -0.2) is 30.6 Å². The van der Waals surface area contributed by atoms with Crippen LogP contribution in [0.2, 0.25) is 0 Å². The number of thiazole rings is 1. The van der Waals surface area contributed by atoms with Crippen molar-refractivity contribution in [2.45, 2.75) is 101 Å². The summed E-state index contributed by atoms with van der Waals surface area (Å²) in [6.07, 6.45) is 16.2. The van der Waals surface area contributed by atoms with Crippen LogP contribution in [0.5, 0.6) is 0 Å². The van der Waals surface area contributed by atoms with E-state index in [0.29, 0.717) is 16.7 Å². The summed E-state index contributed by atoms with van der Waals surface area (Å²) in [7, 11) is -3.38. The van der Waals surface area contributed by atoms with E-state index in [9.17, 15) is 13.2 Å². The molecule has 2 saturated carbocycles. The van der Waals surface area contributed by atoms with Gasteiger partial charge in [0.05, 0.1) is 11.9 Å². The molecular formula is C22H36N2O3S2. The summed E-state index contributed by atoms with van der Waals surface area (Å²) >= 11 is 1.00. The lowest BCUT2D eigenvalue weighted by Crippen LogP contribution is -2.56. The van der Waals surface area contributed by atoms with Crippen molar-refractivity contribution >= 4 is 27.1 Å². The zero-order valence-corrected chi connectivity index (χ0v) is 19.5. The van der Waals surface area contributed by atoms with Crippen molar-refractivity contribution in [1.29, 1.82) is 0 Å². The monoisotopic (exact) mass is 440 g/mol. The number of nitrogens with zero attached hydrogens (tertiary/aromatic N) is 1. The molecule has 2 fully saturated rings. The summed E-state index contributed by atoms with van der Waals surface area (Å²) in [5, 5.41) is 3.42. The van der Waals surface area contributed by atoms with Crippen molar-refractivity contribution in [3.63, 3.8) is 0 Å². The van der Waals surface area contributed by atoms with E-state index in [4.69, 9.17) is 0 Å². The van der Waals surface area contributed by atoms with Crippen molar-refractivity contribution in [2.24, 2.45) is 11.8 Å². The molecule has 1 aromatic heterocycles. The Labute approximate surface area is 180 Å². The first kappa shape index (κ1) is 22.7. The standard InChI is InChI=1S/C22H36N2O3S2/c1-3-29(26,27)21-23-16-19(28-21)20(25)24-22(2,17-12-8-4-5-9-13-17)18-14-10-6-7-11-15-18/h16-18H,3-15H2,1-2H3,(H,24,25). The molecule has 0 unspecified atom stereocenters. The third-order valence-corrected chi connectivity index (χ3v) is 10.3. The van der Waals surface area contributed by atoms with Gasteiger partial charge in [-0.2, -0.15) is 0 Å². The second kappa shape index (κ2) is 9.90. The summed E-state index contributed by atoms with van der Waals surface area (Å²) in [4.78, 5) is 17.7. The van der Waals surface area contributed by atoms with Crippen LogP contribution in [0.4, 0.5) is 0 Å². The van der Waals surface area contributed by atoms with Crippen LogP contribution in [0.25, 0.3) is 0 Å². The summed E-state index contributed by atoms with van der Waals surface area (Å²) in [5.41, 5.74) is -0.237. The molecule has 0 saturated heterocycles. The number of carbonyl (C=O) groups excluding carboxylic acids is 1. The molecule has 0 aromatic carbocycles. The van der Waals surface area contributed by atoms with E-state index in [1.807, 2.05) is 0 Å². The molecule has 164 valence electrons. The number of hydrogen-bond donors (Lipinski definition) is 1.